The van der Waals surface area contributed by atoms with E-state index < -0.39 is 0 Å². The number of methoxy groups -OCH3 is 2. The molecule has 1 aliphatic heterocycles. The van der Waals surface area contributed by atoms with Crippen molar-refractivity contribution in [3.8, 4) is 11.5 Å². The van der Waals surface area contributed by atoms with Gasteiger partial charge in [0.05, 0.1) is 14.2 Å². The number of hydrogen-bond acceptors (Lipinski definition) is 4. The average Bonchev–Trinajstić information content (AvgIpc) is 2.48. The molecule has 4 nitrogen and oxygen atoms in total. The van der Waals surface area contributed by atoms with Gasteiger partial charge in [-0.25, -0.2) is 0 Å². The molecule has 1 aromatic carbocycles. The fourth-order valence-corrected chi connectivity index (χ4v) is 2.72. The van der Waals surface area contributed by atoms with Crippen LogP contribution in [0.15, 0.2) is 18.2 Å². The molecule has 1 aromatic rings. The summed E-state index contributed by atoms with van der Waals surface area (Å²) in [5.74, 6) is 1.73. The summed E-state index contributed by atoms with van der Waals surface area (Å²) in [6, 6.07) is 6.61. The topological polar surface area (TPSA) is 33.7 Å². The zero-order chi connectivity index (χ0) is 13.7. The largest absolute Gasteiger partial charge is 0.497 e. The Bertz CT molecular complexity index is 381. The van der Waals surface area contributed by atoms with Crippen LogP contribution in [0.5, 0.6) is 11.5 Å². The molecule has 0 aliphatic carbocycles. The van der Waals surface area contributed by atoms with Gasteiger partial charge >= 0.3 is 0 Å². The van der Waals surface area contributed by atoms with Crippen LogP contribution in [0, 0.1) is 0 Å². The number of benzene rings is 1. The van der Waals surface area contributed by atoms with E-state index >= 15 is 0 Å². The van der Waals surface area contributed by atoms with Crippen LogP contribution in [-0.4, -0.2) is 45.3 Å². The SMILES string of the molecule is CC[C@@H](c1cc(OC)cc(OC)c1)N1CCNCC1. The maximum atomic E-state index is 5.37. The lowest BCUT2D eigenvalue weighted by Crippen LogP contribution is -2.45. The second kappa shape index (κ2) is 6.78. The quantitative estimate of drug-likeness (QED) is 0.882. The first-order chi connectivity index (χ1) is 9.28. The number of rotatable bonds is 5. The Kier molecular flexibility index (Phi) is 5.05. The van der Waals surface area contributed by atoms with Gasteiger partial charge in [0.15, 0.2) is 0 Å². The Labute approximate surface area is 115 Å². The lowest BCUT2D eigenvalue weighted by molar-refractivity contribution is 0.169. The molecule has 2 rings (SSSR count). The summed E-state index contributed by atoms with van der Waals surface area (Å²) in [6.07, 6.45) is 1.09. The molecule has 1 aliphatic rings. The normalized spacial score (nSPS) is 18.1. The van der Waals surface area contributed by atoms with E-state index in [2.05, 4.69) is 29.3 Å². The van der Waals surface area contributed by atoms with Crippen LogP contribution in [0.25, 0.3) is 0 Å². The van der Waals surface area contributed by atoms with E-state index in [1.54, 1.807) is 14.2 Å². The Morgan fingerprint density at radius 2 is 1.68 bits per heavy atom. The first kappa shape index (κ1) is 14.2. The van der Waals surface area contributed by atoms with Crippen molar-refractivity contribution in [3.63, 3.8) is 0 Å². The van der Waals surface area contributed by atoms with Gasteiger partial charge in [-0.2, -0.15) is 0 Å². The first-order valence-electron chi connectivity index (χ1n) is 6.96. The van der Waals surface area contributed by atoms with E-state index in [1.807, 2.05) is 6.07 Å². The molecule has 0 unspecified atom stereocenters. The van der Waals surface area contributed by atoms with Crippen LogP contribution in [0.3, 0.4) is 0 Å². The molecule has 0 amide bonds. The van der Waals surface area contributed by atoms with Gasteiger partial charge in [-0.15, -0.1) is 0 Å². The lowest BCUT2D eigenvalue weighted by Gasteiger charge is -2.35. The number of ether oxygens (including phenoxy) is 2. The Morgan fingerprint density at radius 1 is 1.11 bits per heavy atom. The second-order valence-corrected chi connectivity index (χ2v) is 4.86. The summed E-state index contributed by atoms with van der Waals surface area (Å²) in [5, 5.41) is 3.40. The summed E-state index contributed by atoms with van der Waals surface area (Å²) >= 11 is 0. The third-order valence-electron chi connectivity index (χ3n) is 3.74. The highest BCUT2D eigenvalue weighted by molar-refractivity contribution is 5.39. The van der Waals surface area contributed by atoms with E-state index in [0.717, 1.165) is 44.1 Å². The summed E-state index contributed by atoms with van der Waals surface area (Å²) in [6.45, 7) is 6.56. The molecule has 1 N–H and O–H groups in total. The highest BCUT2D eigenvalue weighted by atomic mass is 16.5. The van der Waals surface area contributed by atoms with Crippen molar-refractivity contribution in [1.29, 1.82) is 0 Å². The highest BCUT2D eigenvalue weighted by Crippen LogP contribution is 2.31. The summed E-state index contributed by atoms with van der Waals surface area (Å²) in [4.78, 5) is 2.53. The Hall–Kier alpha value is -1.26. The summed E-state index contributed by atoms with van der Waals surface area (Å²) < 4.78 is 10.7. The maximum Gasteiger partial charge on any atom is 0.122 e. The molecular weight excluding hydrogens is 240 g/mol. The minimum atomic E-state index is 0.436. The van der Waals surface area contributed by atoms with Crippen LogP contribution in [0.1, 0.15) is 24.9 Å². The molecule has 0 saturated carbocycles. The predicted octanol–water partition coefficient (Wildman–Crippen LogP) is 2.06. The average molecular weight is 264 g/mol. The minimum absolute atomic E-state index is 0.436. The van der Waals surface area contributed by atoms with E-state index in [4.69, 9.17) is 9.47 Å². The summed E-state index contributed by atoms with van der Waals surface area (Å²) in [7, 11) is 3.40. The van der Waals surface area contributed by atoms with Crippen LogP contribution in [-0.2, 0) is 0 Å². The highest BCUT2D eigenvalue weighted by Gasteiger charge is 2.21. The number of hydrogen-bond donors (Lipinski definition) is 1. The zero-order valence-electron chi connectivity index (χ0n) is 12.1. The van der Waals surface area contributed by atoms with Gasteiger partial charge < -0.3 is 14.8 Å². The van der Waals surface area contributed by atoms with Gasteiger partial charge in [-0.05, 0) is 24.1 Å². The van der Waals surface area contributed by atoms with Gasteiger partial charge in [0.1, 0.15) is 11.5 Å². The van der Waals surface area contributed by atoms with Gasteiger partial charge in [0.25, 0.3) is 0 Å². The van der Waals surface area contributed by atoms with E-state index in [-0.39, 0.29) is 0 Å². The molecule has 0 radical (unpaired) electrons. The first-order valence-corrected chi connectivity index (χ1v) is 6.96. The molecule has 4 heteroatoms. The van der Waals surface area contributed by atoms with Crippen LogP contribution in [0.4, 0.5) is 0 Å². The molecule has 1 heterocycles. The molecule has 1 fully saturated rings. The van der Waals surface area contributed by atoms with Gasteiger partial charge in [-0.3, -0.25) is 4.90 Å². The lowest BCUT2D eigenvalue weighted by atomic mass is 10.0. The molecule has 0 bridgehead atoms. The molecule has 106 valence electrons. The van der Waals surface area contributed by atoms with Crippen LogP contribution in [0.2, 0.25) is 0 Å². The fourth-order valence-electron chi connectivity index (χ4n) is 2.72. The third-order valence-corrected chi connectivity index (χ3v) is 3.74. The van der Waals surface area contributed by atoms with Crippen molar-refractivity contribution in [1.82, 2.24) is 10.2 Å². The Morgan fingerprint density at radius 3 is 2.16 bits per heavy atom. The number of piperazine rings is 1. The molecule has 1 saturated heterocycles. The predicted molar refractivity (Wildman–Crippen MR) is 77.0 cm³/mol. The second-order valence-electron chi connectivity index (χ2n) is 4.86. The molecule has 1 atom stereocenters. The molecular formula is C15H24N2O2. The van der Waals surface area contributed by atoms with Crippen molar-refractivity contribution in [2.75, 3.05) is 40.4 Å². The molecule has 19 heavy (non-hydrogen) atoms. The van der Waals surface area contributed by atoms with Crippen LogP contribution >= 0.6 is 0 Å². The smallest absolute Gasteiger partial charge is 0.122 e. The van der Waals surface area contributed by atoms with Gasteiger partial charge in [0.2, 0.25) is 0 Å². The monoisotopic (exact) mass is 264 g/mol. The van der Waals surface area contributed by atoms with Crippen molar-refractivity contribution in [2.45, 2.75) is 19.4 Å². The maximum absolute atomic E-state index is 5.37. The summed E-state index contributed by atoms with van der Waals surface area (Å²) in [5.41, 5.74) is 1.28. The minimum Gasteiger partial charge on any atom is -0.497 e. The zero-order valence-corrected chi connectivity index (χ0v) is 12.1. The third kappa shape index (κ3) is 3.39. The van der Waals surface area contributed by atoms with Gasteiger partial charge in [-0.1, -0.05) is 6.92 Å². The number of nitrogens with zero attached hydrogens (tertiary/aromatic N) is 1. The van der Waals surface area contributed by atoms with E-state index in [0.29, 0.717) is 6.04 Å². The standard InChI is InChI=1S/C15H24N2O2/c1-4-15(17-7-5-16-6-8-17)12-9-13(18-2)11-14(10-12)19-3/h9-11,15-16H,4-8H2,1-3H3/t15-/m0/s1. The molecule has 0 aromatic heterocycles. The van der Waals surface area contributed by atoms with Crippen molar-refractivity contribution in [3.05, 3.63) is 23.8 Å². The van der Waals surface area contributed by atoms with Crippen molar-refractivity contribution < 1.29 is 9.47 Å². The Balaban J connectivity index is 2.25. The van der Waals surface area contributed by atoms with Crippen LogP contribution < -0.4 is 14.8 Å². The molecule has 0 spiro atoms. The van der Waals surface area contributed by atoms with Gasteiger partial charge in [0, 0.05) is 38.3 Å². The fraction of sp³-hybridized carbons (Fsp3) is 0.600. The number of nitrogens with one attached hydrogen (secondary N) is 1. The van der Waals surface area contributed by atoms with Crippen molar-refractivity contribution in [2.24, 2.45) is 0 Å². The van der Waals surface area contributed by atoms with E-state index in [1.165, 1.54) is 5.56 Å². The van der Waals surface area contributed by atoms with E-state index in [9.17, 15) is 0 Å². The van der Waals surface area contributed by atoms with Crippen molar-refractivity contribution >= 4 is 0 Å².